The highest BCUT2D eigenvalue weighted by Crippen LogP contribution is 2.17. The normalized spacial score (nSPS) is 18.7. The van der Waals surface area contributed by atoms with E-state index in [1.807, 2.05) is 31.2 Å². The average Bonchev–Trinajstić information content (AvgIpc) is 2.14. The van der Waals surface area contributed by atoms with Crippen molar-refractivity contribution in [2.45, 2.75) is 12.5 Å². The molecular formula is C11H15NO2. The molecule has 3 heteroatoms. The van der Waals surface area contributed by atoms with Gasteiger partial charge in [-0.25, -0.2) is 0 Å². The maximum atomic E-state index is 5.93. The quantitative estimate of drug-likeness (QED) is 0.781. The summed E-state index contributed by atoms with van der Waals surface area (Å²) in [5.41, 5.74) is 6.89. The van der Waals surface area contributed by atoms with Gasteiger partial charge in [-0.05, 0) is 19.1 Å². The molecule has 1 heterocycles. The Morgan fingerprint density at radius 3 is 2.50 bits per heavy atom. The van der Waals surface area contributed by atoms with Gasteiger partial charge in [0.25, 0.3) is 0 Å². The van der Waals surface area contributed by atoms with Gasteiger partial charge in [0.1, 0.15) is 12.4 Å². The fraction of sp³-hybridized carbons (Fsp3) is 0.455. The number of hydrogen-bond donors (Lipinski definition) is 1. The molecule has 3 nitrogen and oxygen atoms in total. The smallest absolute Gasteiger partial charge is 0.119 e. The molecule has 0 aliphatic carbocycles. The lowest BCUT2D eigenvalue weighted by Gasteiger charge is -2.37. The molecule has 76 valence electrons. The van der Waals surface area contributed by atoms with Gasteiger partial charge in [0.15, 0.2) is 0 Å². The summed E-state index contributed by atoms with van der Waals surface area (Å²) < 4.78 is 10.6. The van der Waals surface area contributed by atoms with Crippen LogP contribution in [0, 0.1) is 6.92 Å². The highest BCUT2D eigenvalue weighted by molar-refractivity contribution is 5.26. The summed E-state index contributed by atoms with van der Waals surface area (Å²) in [4.78, 5) is 0. The molecule has 2 rings (SSSR count). The van der Waals surface area contributed by atoms with Crippen molar-refractivity contribution < 1.29 is 9.47 Å². The van der Waals surface area contributed by atoms with E-state index in [2.05, 4.69) is 0 Å². The van der Waals surface area contributed by atoms with Crippen molar-refractivity contribution in [2.75, 3.05) is 19.8 Å². The predicted molar refractivity (Wildman–Crippen MR) is 54.4 cm³/mol. The average molecular weight is 193 g/mol. The van der Waals surface area contributed by atoms with Gasteiger partial charge in [-0.1, -0.05) is 17.7 Å². The van der Waals surface area contributed by atoms with Crippen LogP contribution in [0.3, 0.4) is 0 Å². The molecule has 0 bridgehead atoms. The molecule has 1 aliphatic heterocycles. The number of ether oxygens (including phenoxy) is 2. The van der Waals surface area contributed by atoms with Crippen molar-refractivity contribution in [3.05, 3.63) is 29.8 Å². The van der Waals surface area contributed by atoms with Crippen LogP contribution in [0.5, 0.6) is 5.75 Å². The molecule has 1 aliphatic rings. The lowest BCUT2D eigenvalue weighted by molar-refractivity contribution is -0.0722. The first kappa shape index (κ1) is 9.49. The first-order chi connectivity index (χ1) is 6.68. The van der Waals surface area contributed by atoms with E-state index in [1.54, 1.807) is 0 Å². The van der Waals surface area contributed by atoms with Gasteiger partial charge in [0.2, 0.25) is 0 Å². The zero-order valence-corrected chi connectivity index (χ0v) is 8.32. The van der Waals surface area contributed by atoms with E-state index in [0.717, 1.165) is 5.75 Å². The van der Waals surface area contributed by atoms with Gasteiger partial charge >= 0.3 is 0 Å². The highest BCUT2D eigenvalue weighted by Gasteiger charge is 2.34. The lowest BCUT2D eigenvalue weighted by Crippen LogP contribution is -2.61. The van der Waals surface area contributed by atoms with Gasteiger partial charge in [-0.3, -0.25) is 0 Å². The zero-order valence-electron chi connectivity index (χ0n) is 8.32. The third kappa shape index (κ3) is 2.05. The Hall–Kier alpha value is -1.06. The van der Waals surface area contributed by atoms with Crippen molar-refractivity contribution in [2.24, 2.45) is 5.73 Å². The van der Waals surface area contributed by atoms with Crippen molar-refractivity contribution in [3.8, 4) is 5.75 Å². The number of rotatable bonds is 3. The monoisotopic (exact) mass is 193 g/mol. The maximum Gasteiger partial charge on any atom is 0.119 e. The molecule has 0 amide bonds. The first-order valence-electron chi connectivity index (χ1n) is 4.74. The molecule has 0 atom stereocenters. The van der Waals surface area contributed by atoms with Gasteiger partial charge in [0, 0.05) is 0 Å². The summed E-state index contributed by atoms with van der Waals surface area (Å²) in [7, 11) is 0. The number of benzene rings is 1. The third-order valence-corrected chi connectivity index (χ3v) is 2.33. The molecule has 1 fully saturated rings. The van der Waals surface area contributed by atoms with Crippen LogP contribution >= 0.6 is 0 Å². The van der Waals surface area contributed by atoms with Crippen molar-refractivity contribution >= 4 is 0 Å². The van der Waals surface area contributed by atoms with Crippen molar-refractivity contribution in [1.29, 1.82) is 0 Å². The Morgan fingerprint density at radius 1 is 1.36 bits per heavy atom. The zero-order chi connectivity index (χ0) is 10.0. The largest absolute Gasteiger partial charge is 0.491 e. The molecule has 0 unspecified atom stereocenters. The standard InChI is InChI=1S/C11H15NO2/c1-9-2-4-10(5-3-9)14-8-11(12)6-13-7-11/h2-5H,6-8,12H2,1H3. The molecule has 1 saturated heterocycles. The molecule has 0 spiro atoms. The Labute approximate surface area is 83.8 Å². The Balaban J connectivity index is 1.88. The molecule has 1 aromatic rings. The minimum absolute atomic E-state index is 0.273. The molecular weight excluding hydrogens is 178 g/mol. The Kier molecular flexibility index (Phi) is 2.44. The van der Waals surface area contributed by atoms with Crippen LogP contribution < -0.4 is 10.5 Å². The van der Waals surface area contributed by atoms with E-state index >= 15 is 0 Å². The molecule has 14 heavy (non-hydrogen) atoms. The summed E-state index contributed by atoms with van der Waals surface area (Å²) in [5.74, 6) is 0.868. The highest BCUT2D eigenvalue weighted by atomic mass is 16.5. The lowest BCUT2D eigenvalue weighted by atomic mass is 10.0. The number of aryl methyl sites for hydroxylation is 1. The van der Waals surface area contributed by atoms with Crippen molar-refractivity contribution in [3.63, 3.8) is 0 Å². The van der Waals surface area contributed by atoms with Gasteiger partial charge in [-0.15, -0.1) is 0 Å². The van der Waals surface area contributed by atoms with Crippen LogP contribution in [-0.2, 0) is 4.74 Å². The van der Waals surface area contributed by atoms with E-state index in [0.29, 0.717) is 19.8 Å². The number of nitrogens with two attached hydrogens (primary N) is 1. The maximum absolute atomic E-state index is 5.93. The van der Waals surface area contributed by atoms with E-state index < -0.39 is 0 Å². The third-order valence-electron chi connectivity index (χ3n) is 2.33. The molecule has 0 aromatic heterocycles. The second-order valence-corrected chi connectivity index (χ2v) is 3.96. The summed E-state index contributed by atoms with van der Waals surface area (Å²) in [5, 5.41) is 0. The van der Waals surface area contributed by atoms with Crippen LogP contribution in [0.15, 0.2) is 24.3 Å². The second-order valence-electron chi connectivity index (χ2n) is 3.96. The van der Waals surface area contributed by atoms with Crippen LogP contribution in [0.4, 0.5) is 0 Å². The molecule has 0 radical (unpaired) electrons. The minimum Gasteiger partial charge on any atom is -0.491 e. The van der Waals surface area contributed by atoms with E-state index in [1.165, 1.54) is 5.56 Å². The SMILES string of the molecule is Cc1ccc(OCC2(N)COC2)cc1. The van der Waals surface area contributed by atoms with Crippen LogP contribution in [0.25, 0.3) is 0 Å². The van der Waals surface area contributed by atoms with Crippen LogP contribution in [0.1, 0.15) is 5.56 Å². The Morgan fingerprint density at radius 2 is 2.00 bits per heavy atom. The summed E-state index contributed by atoms with van der Waals surface area (Å²) >= 11 is 0. The molecule has 2 N–H and O–H groups in total. The predicted octanol–water partition coefficient (Wildman–Crippen LogP) is 1.10. The second kappa shape index (κ2) is 3.59. The fourth-order valence-corrected chi connectivity index (χ4v) is 1.31. The number of hydrogen-bond acceptors (Lipinski definition) is 3. The van der Waals surface area contributed by atoms with Gasteiger partial charge in [-0.2, -0.15) is 0 Å². The van der Waals surface area contributed by atoms with E-state index in [-0.39, 0.29) is 5.54 Å². The minimum atomic E-state index is -0.273. The summed E-state index contributed by atoms with van der Waals surface area (Å²) in [6, 6.07) is 7.96. The molecule has 0 saturated carbocycles. The van der Waals surface area contributed by atoms with E-state index in [9.17, 15) is 0 Å². The van der Waals surface area contributed by atoms with Crippen LogP contribution in [-0.4, -0.2) is 25.4 Å². The van der Waals surface area contributed by atoms with Gasteiger partial charge in [0.05, 0.1) is 18.8 Å². The van der Waals surface area contributed by atoms with E-state index in [4.69, 9.17) is 15.2 Å². The first-order valence-corrected chi connectivity index (χ1v) is 4.74. The topological polar surface area (TPSA) is 44.5 Å². The van der Waals surface area contributed by atoms with Gasteiger partial charge < -0.3 is 15.2 Å². The van der Waals surface area contributed by atoms with Crippen molar-refractivity contribution in [1.82, 2.24) is 0 Å². The molecule has 1 aromatic carbocycles. The summed E-state index contributed by atoms with van der Waals surface area (Å²) in [6.07, 6.45) is 0. The van der Waals surface area contributed by atoms with Crippen LogP contribution in [0.2, 0.25) is 0 Å². The fourth-order valence-electron chi connectivity index (χ4n) is 1.31. The Bertz CT molecular complexity index is 304. The summed E-state index contributed by atoms with van der Waals surface area (Å²) in [6.45, 7) is 3.77.